The third kappa shape index (κ3) is 3.48. The van der Waals surface area contributed by atoms with Gasteiger partial charge in [-0.05, 0) is 36.1 Å². The number of aliphatic hydroxyl groups is 1. The Morgan fingerprint density at radius 1 is 1.42 bits per heavy atom. The monoisotopic (exact) mass is 292 g/mol. The van der Waals surface area contributed by atoms with Crippen molar-refractivity contribution in [3.05, 3.63) is 51.2 Å². The first-order valence-electron chi connectivity index (χ1n) is 5.85. The lowest BCUT2D eigenvalue weighted by Gasteiger charge is -2.18. The van der Waals surface area contributed by atoms with Crippen molar-refractivity contribution in [3.8, 4) is 6.07 Å². The first-order valence-corrected chi connectivity index (χ1v) is 7.11. The van der Waals surface area contributed by atoms with E-state index in [1.807, 2.05) is 29.6 Å². The van der Waals surface area contributed by atoms with E-state index in [4.69, 9.17) is 22.0 Å². The molecule has 0 fully saturated rings. The van der Waals surface area contributed by atoms with Gasteiger partial charge in [-0.25, -0.2) is 0 Å². The fourth-order valence-electron chi connectivity index (χ4n) is 1.80. The van der Waals surface area contributed by atoms with E-state index < -0.39 is 0 Å². The van der Waals surface area contributed by atoms with Crippen LogP contribution in [0, 0.1) is 11.3 Å². The Kier molecular flexibility index (Phi) is 4.80. The maximum atomic E-state index is 9.15. The number of aliphatic hydroxyl groups excluding tert-OH is 1. The summed E-state index contributed by atoms with van der Waals surface area (Å²) in [4.78, 5) is 1.16. The molecule has 0 spiro atoms. The second-order valence-corrected chi connectivity index (χ2v) is 5.42. The number of halogens is 1. The van der Waals surface area contributed by atoms with E-state index >= 15 is 0 Å². The quantitative estimate of drug-likeness (QED) is 0.881. The molecule has 2 rings (SSSR count). The lowest BCUT2D eigenvalue weighted by atomic mass is 10.1. The van der Waals surface area contributed by atoms with Crippen molar-refractivity contribution in [1.29, 1.82) is 5.26 Å². The van der Waals surface area contributed by atoms with Crippen LogP contribution < -0.4 is 5.32 Å². The molecule has 0 saturated heterocycles. The summed E-state index contributed by atoms with van der Waals surface area (Å²) < 4.78 is 0. The minimum Gasteiger partial charge on any atom is -0.396 e. The molecular weight excluding hydrogens is 280 g/mol. The summed E-state index contributed by atoms with van der Waals surface area (Å²) in [6.07, 6.45) is 0.623. The molecule has 0 amide bonds. The van der Waals surface area contributed by atoms with Gasteiger partial charge in [0.1, 0.15) is 6.07 Å². The summed E-state index contributed by atoms with van der Waals surface area (Å²) in [7, 11) is 0. The molecule has 1 aromatic heterocycles. The SMILES string of the molecule is N#Cc1ccc(NC(CCO)c2cccs2)cc1Cl. The van der Waals surface area contributed by atoms with Gasteiger partial charge in [0, 0.05) is 17.2 Å². The summed E-state index contributed by atoms with van der Waals surface area (Å²) in [5.74, 6) is 0. The van der Waals surface area contributed by atoms with E-state index in [0.717, 1.165) is 10.6 Å². The summed E-state index contributed by atoms with van der Waals surface area (Å²) in [5, 5.41) is 23.8. The topological polar surface area (TPSA) is 56.0 Å². The van der Waals surface area contributed by atoms with E-state index in [1.165, 1.54) is 0 Å². The Morgan fingerprint density at radius 3 is 2.84 bits per heavy atom. The molecule has 0 aliphatic carbocycles. The molecular formula is C14H13ClN2OS. The van der Waals surface area contributed by atoms with Gasteiger partial charge in [0.2, 0.25) is 0 Å². The zero-order valence-corrected chi connectivity index (χ0v) is 11.7. The molecule has 3 nitrogen and oxygen atoms in total. The Balaban J connectivity index is 2.18. The predicted molar refractivity (Wildman–Crippen MR) is 78.6 cm³/mol. The Labute approximate surface area is 121 Å². The molecule has 0 radical (unpaired) electrons. The second-order valence-electron chi connectivity index (χ2n) is 4.03. The van der Waals surface area contributed by atoms with E-state index in [1.54, 1.807) is 23.5 Å². The summed E-state index contributed by atoms with van der Waals surface area (Å²) >= 11 is 7.65. The molecule has 1 aromatic carbocycles. The molecule has 1 heterocycles. The van der Waals surface area contributed by atoms with Crippen LogP contribution in [-0.2, 0) is 0 Å². The zero-order valence-electron chi connectivity index (χ0n) is 10.1. The number of nitrogens with zero attached hydrogens (tertiary/aromatic N) is 1. The number of nitriles is 1. The largest absolute Gasteiger partial charge is 0.396 e. The van der Waals surface area contributed by atoms with Crippen LogP contribution in [0.5, 0.6) is 0 Å². The van der Waals surface area contributed by atoms with Gasteiger partial charge in [0.15, 0.2) is 0 Å². The van der Waals surface area contributed by atoms with E-state index in [2.05, 4.69) is 5.32 Å². The molecule has 0 aliphatic heterocycles. The fraction of sp³-hybridized carbons (Fsp3) is 0.214. The van der Waals surface area contributed by atoms with Gasteiger partial charge in [-0.15, -0.1) is 11.3 Å². The number of anilines is 1. The number of rotatable bonds is 5. The zero-order chi connectivity index (χ0) is 13.7. The average molecular weight is 293 g/mol. The standard InChI is InChI=1S/C14H13ClN2OS/c15-12-8-11(4-3-10(12)9-16)17-13(5-6-18)14-2-1-7-19-14/h1-4,7-8,13,17-18H,5-6H2. The predicted octanol–water partition coefficient (Wildman–Crippen LogP) is 3.81. The van der Waals surface area contributed by atoms with Gasteiger partial charge in [-0.1, -0.05) is 17.7 Å². The minimum absolute atomic E-state index is 0.0500. The van der Waals surface area contributed by atoms with Gasteiger partial charge in [0.05, 0.1) is 16.6 Å². The van der Waals surface area contributed by atoms with Gasteiger partial charge >= 0.3 is 0 Å². The lowest BCUT2D eigenvalue weighted by Crippen LogP contribution is -2.11. The maximum absolute atomic E-state index is 9.15. The molecule has 19 heavy (non-hydrogen) atoms. The van der Waals surface area contributed by atoms with Crippen molar-refractivity contribution in [1.82, 2.24) is 0 Å². The van der Waals surface area contributed by atoms with Crippen LogP contribution >= 0.6 is 22.9 Å². The Bertz CT molecular complexity index is 578. The molecule has 1 atom stereocenters. The third-order valence-corrected chi connectivity index (χ3v) is 4.03. The highest BCUT2D eigenvalue weighted by molar-refractivity contribution is 7.10. The first-order chi connectivity index (χ1) is 9.24. The normalized spacial score (nSPS) is 11.8. The number of hydrogen-bond donors (Lipinski definition) is 2. The van der Waals surface area contributed by atoms with Crippen molar-refractivity contribution >= 4 is 28.6 Å². The molecule has 0 saturated carbocycles. The van der Waals surface area contributed by atoms with Crippen LogP contribution in [0.3, 0.4) is 0 Å². The molecule has 0 bridgehead atoms. The van der Waals surface area contributed by atoms with Crippen LogP contribution in [0.15, 0.2) is 35.7 Å². The number of thiophene rings is 1. The Hall–Kier alpha value is -1.54. The van der Waals surface area contributed by atoms with Crippen molar-refractivity contribution in [2.24, 2.45) is 0 Å². The third-order valence-electron chi connectivity index (χ3n) is 2.73. The number of nitrogens with one attached hydrogen (secondary N) is 1. The minimum atomic E-state index is 0.0500. The van der Waals surface area contributed by atoms with Crippen LogP contribution in [0.2, 0.25) is 5.02 Å². The van der Waals surface area contributed by atoms with E-state index in [9.17, 15) is 0 Å². The highest BCUT2D eigenvalue weighted by Gasteiger charge is 2.12. The molecule has 2 N–H and O–H groups in total. The molecule has 5 heteroatoms. The molecule has 0 aliphatic rings. The number of benzene rings is 1. The van der Waals surface area contributed by atoms with Crippen LogP contribution in [0.25, 0.3) is 0 Å². The van der Waals surface area contributed by atoms with Gasteiger partial charge in [0.25, 0.3) is 0 Å². The lowest BCUT2D eigenvalue weighted by molar-refractivity contribution is 0.280. The maximum Gasteiger partial charge on any atom is 0.101 e. The molecule has 1 unspecified atom stereocenters. The van der Waals surface area contributed by atoms with Gasteiger partial charge < -0.3 is 10.4 Å². The van der Waals surface area contributed by atoms with Crippen LogP contribution in [0.1, 0.15) is 22.9 Å². The molecule has 98 valence electrons. The highest BCUT2D eigenvalue weighted by Crippen LogP contribution is 2.28. The van der Waals surface area contributed by atoms with Gasteiger partial charge in [-0.3, -0.25) is 0 Å². The van der Waals surface area contributed by atoms with Crippen LogP contribution in [-0.4, -0.2) is 11.7 Å². The summed E-state index contributed by atoms with van der Waals surface area (Å²) in [6, 6.07) is 11.3. The van der Waals surface area contributed by atoms with E-state index in [-0.39, 0.29) is 12.6 Å². The Morgan fingerprint density at radius 2 is 2.26 bits per heavy atom. The van der Waals surface area contributed by atoms with E-state index in [0.29, 0.717) is 17.0 Å². The summed E-state index contributed by atoms with van der Waals surface area (Å²) in [6.45, 7) is 0.111. The summed E-state index contributed by atoms with van der Waals surface area (Å²) in [5.41, 5.74) is 1.30. The number of hydrogen-bond acceptors (Lipinski definition) is 4. The second kappa shape index (κ2) is 6.58. The van der Waals surface area contributed by atoms with Crippen molar-refractivity contribution in [2.45, 2.75) is 12.5 Å². The highest BCUT2D eigenvalue weighted by atomic mass is 35.5. The smallest absolute Gasteiger partial charge is 0.101 e. The first kappa shape index (κ1) is 13.9. The van der Waals surface area contributed by atoms with Crippen LogP contribution in [0.4, 0.5) is 5.69 Å². The van der Waals surface area contributed by atoms with Crippen molar-refractivity contribution in [3.63, 3.8) is 0 Å². The van der Waals surface area contributed by atoms with Crippen molar-refractivity contribution < 1.29 is 5.11 Å². The fourth-order valence-corrected chi connectivity index (χ4v) is 2.84. The molecule has 2 aromatic rings. The van der Waals surface area contributed by atoms with Crippen molar-refractivity contribution in [2.75, 3.05) is 11.9 Å². The average Bonchev–Trinajstić information content (AvgIpc) is 2.92. The van der Waals surface area contributed by atoms with Gasteiger partial charge in [-0.2, -0.15) is 5.26 Å².